The fraction of sp³-hybridized carbons (Fsp3) is 0.0357. The molecule has 4 nitrogen and oxygen atoms in total. The van der Waals surface area contributed by atoms with Gasteiger partial charge in [-0.1, -0.05) is 97.1 Å². The predicted octanol–water partition coefficient (Wildman–Crippen LogP) is 16.5. The fourth-order valence-electron chi connectivity index (χ4n) is 9.05. The lowest BCUT2D eigenvalue weighted by molar-refractivity contribution is 0.584. The van der Waals surface area contributed by atoms with Crippen molar-refractivity contribution in [3.63, 3.8) is 0 Å². The van der Waals surface area contributed by atoms with Gasteiger partial charge in [-0.15, -0.1) is 0 Å². The van der Waals surface area contributed by atoms with E-state index in [9.17, 15) is 5.26 Å². The van der Waals surface area contributed by atoms with Crippen molar-refractivity contribution in [2.24, 2.45) is 0 Å². The first-order valence-electron chi connectivity index (χ1n) is 20.5. The van der Waals surface area contributed by atoms with E-state index in [1.165, 1.54) is 12.1 Å². The van der Waals surface area contributed by atoms with Crippen molar-refractivity contribution >= 4 is 72.1 Å². The first kappa shape index (κ1) is 39.7. The van der Waals surface area contributed by atoms with Crippen LogP contribution in [-0.2, 0) is 0 Å². The topological polar surface area (TPSA) is 34.6 Å². The van der Waals surface area contributed by atoms with Crippen molar-refractivity contribution in [3.8, 4) is 28.3 Å². The van der Waals surface area contributed by atoms with Gasteiger partial charge in [0.05, 0.1) is 41.0 Å². The molecule has 306 valence electrons. The van der Waals surface area contributed by atoms with Gasteiger partial charge in [0, 0.05) is 45.4 Å². The van der Waals surface area contributed by atoms with Crippen LogP contribution in [0.1, 0.15) is 16.7 Å². The number of hydrogen-bond donors (Lipinski definition) is 0. The summed E-state index contributed by atoms with van der Waals surface area (Å²) in [7, 11) is 0. The SMILES string of the molecule is [C-]#[N+]c1ccc(N(c2c(F)cc(F)cc2-c2ccccc2C)c2ccc3ccc4c(N(c5ccc(C#N)cc5)c5c(F)cc(F)cc5-c5ccccc5C)ccc5ccc2c3c54)cc1. The number of aryl methyl sites for hydroxylation is 2. The monoisotopic (exact) mass is 838 g/mol. The molecule has 0 aliphatic rings. The number of nitrogens with zero attached hydrogens (tertiary/aromatic N) is 4. The molecule has 0 unspecified atom stereocenters. The largest absolute Gasteiger partial charge is 0.307 e. The Labute approximate surface area is 366 Å². The molecule has 0 saturated carbocycles. The Morgan fingerprint density at radius 2 is 0.906 bits per heavy atom. The molecule has 0 aliphatic carbocycles. The summed E-state index contributed by atoms with van der Waals surface area (Å²) >= 11 is 0. The maximum atomic E-state index is 16.8. The van der Waals surface area contributed by atoms with Crippen LogP contribution in [-0.4, -0.2) is 0 Å². The summed E-state index contributed by atoms with van der Waals surface area (Å²) in [6.45, 7) is 11.4. The molecule has 10 rings (SSSR count). The third kappa shape index (κ3) is 6.61. The second-order valence-corrected chi connectivity index (χ2v) is 15.7. The van der Waals surface area contributed by atoms with Crippen LogP contribution in [0.3, 0.4) is 0 Å². The van der Waals surface area contributed by atoms with Gasteiger partial charge in [0.25, 0.3) is 0 Å². The summed E-state index contributed by atoms with van der Waals surface area (Å²) in [4.78, 5) is 7.14. The third-order valence-corrected chi connectivity index (χ3v) is 12.0. The molecule has 0 saturated heterocycles. The van der Waals surface area contributed by atoms with Crippen molar-refractivity contribution in [3.05, 3.63) is 221 Å². The summed E-state index contributed by atoms with van der Waals surface area (Å²) in [5, 5.41) is 14.7. The van der Waals surface area contributed by atoms with Crippen LogP contribution in [0.5, 0.6) is 0 Å². The third-order valence-electron chi connectivity index (χ3n) is 12.0. The van der Waals surface area contributed by atoms with E-state index in [1.54, 1.807) is 58.3 Å². The average Bonchev–Trinajstić information content (AvgIpc) is 3.30. The summed E-state index contributed by atoms with van der Waals surface area (Å²) < 4.78 is 64.3. The van der Waals surface area contributed by atoms with Gasteiger partial charge in [-0.05, 0) is 118 Å². The predicted molar refractivity (Wildman–Crippen MR) is 251 cm³/mol. The van der Waals surface area contributed by atoms with Crippen LogP contribution in [0.25, 0.3) is 59.4 Å². The second kappa shape index (κ2) is 15.8. The van der Waals surface area contributed by atoms with Crippen molar-refractivity contribution in [2.75, 3.05) is 9.80 Å². The second-order valence-electron chi connectivity index (χ2n) is 15.7. The highest BCUT2D eigenvalue weighted by Crippen LogP contribution is 2.51. The molecule has 10 aromatic carbocycles. The van der Waals surface area contributed by atoms with E-state index in [2.05, 4.69) is 10.9 Å². The number of halogens is 4. The van der Waals surface area contributed by atoms with Crippen molar-refractivity contribution in [2.45, 2.75) is 13.8 Å². The molecule has 0 aromatic heterocycles. The van der Waals surface area contributed by atoms with Crippen LogP contribution in [0.2, 0.25) is 0 Å². The Morgan fingerprint density at radius 1 is 0.484 bits per heavy atom. The number of hydrogen-bond acceptors (Lipinski definition) is 3. The minimum absolute atomic E-state index is 0.126. The number of nitriles is 1. The normalized spacial score (nSPS) is 11.2. The molecular weight excluding hydrogens is 805 g/mol. The van der Waals surface area contributed by atoms with Gasteiger partial charge in [-0.2, -0.15) is 5.26 Å². The van der Waals surface area contributed by atoms with Crippen LogP contribution in [0, 0.1) is 55.0 Å². The number of benzene rings is 10. The van der Waals surface area contributed by atoms with Gasteiger partial charge < -0.3 is 9.80 Å². The van der Waals surface area contributed by atoms with Gasteiger partial charge in [0.1, 0.15) is 11.6 Å². The molecule has 0 N–H and O–H groups in total. The zero-order chi connectivity index (χ0) is 44.2. The number of anilines is 6. The minimum atomic E-state index is -0.777. The zero-order valence-corrected chi connectivity index (χ0v) is 34.5. The van der Waals surface area contributed by atoms with Crippen LogP contribution in [0.15, 0.2) is 170 Å². The summed E-state index contributed by atoms with van der Waals surface area (Å²) in [5.41, 5.74) is 7.01. The Balaban J connectivity index is 1.28. The molecule has 0 fully saturated rings. The van der Waals surface area contributed by atoms with Gasteiger partial charge in [0.15, 0.2) is 17.3 Å². The quantitative estimate of drug-likeness (QED) is 0.0868. The van der Waals surface area contributed by atoms with Gasteiger partial charge in [0.2, 0.25) is 0 Å². The van der Waals surface area contributed by atoms with Gasteiger partial charge >= 0.3 is 0 Å². The number of rotatable bonds is 8. The average molecular weight is 839 g/mol. The Hall–Kier alpha value is -8.46. The molecular formula is C56H34F4N4. The molecule has 0 bridgehead atoms. The molecule has 0 radical (unpaired) electrons. The standard InChI is InChI=1S/C56H34F4N4/c1-33-8-4-6-10-43(33)47-28-38(57)30-49(59)55(47)63(41-20-12-35(32-61)13-21-41)51-26-16-36-15-25-46-52(27-17-37-14-24-45(51)53(36)54(37)46)64(42-22-18-40(62-3)19-23-42)56-48(29-39(58)31-50(56)60)44-11-7-5-9-34(44)2/h4-31H,1-2H3. The fourth-order valence-corrected chi connectivity index (χ4v) is 9.05. The smallest absolute Gasteiger partial charge is 0.187 e. The molecule has 0 atom stereocenters. The van der Waals surface area contributed by atoms with E-state index >= 15 is 17.6 Å². The maximum absolute atomic E-state index is 16.8. The van der Waals surface area contributed by atoms with Crippen molar-refractivity contribution < 1.29 is 17.6 Å². The molecule has 64 heavy (non-hydrogen) atoms. The lowest BCUT2D eigenvalue weighted by Gasteiger charge is -2.31. The van der Waals surface area contributed by atoms with Crippen LogP contribution < -0.4 is 9.80 Å². The van der Waals surface area contributed by atoms with Gasteiger partial charge in [-0.3, -0.25) is 0 Å². The molecule has 0 heterocycles. The van der Waals surface area contributed by atoms with E-state index in [0.29, 0.717) is 56.3 Å². The van der Waals surface area contributed by atoms with Crippen molar-refractivity contribution in [1.29, 1.82) is 5.26 Å². The van der Waals surface area contributed by atoms with Crippen molar-refractivity contribution in [1.82, 2.24) is 0 Å². The van der Waals surface area contributed by atoms with E-state index in [0.717, 1.165) is 55.6 Å². The zero-order valence-electron chi connectivity index (χ0n) is 34.5. The Morgan fingerprint density at radius 3 is 1.33 bits per heavy atom. The van der Waals surface area contributed by atoms with E-state index in [4.69, 9.17) is 6.57 Å². The highest BCUT2D eigenvalue weighted by atomic mass is 19.1. The maximum Gasteiger partial charge on any atom is 0.187 e. The van der Waals surface area contributed by atoms with E-state index in [-0.39, 0.29) is 11.4 Å². The van der Waals surface area contributed by atoms with E-state index in [1.807, 2.05) is 111 Å². The minimum Gasteiger partial charge on any atom is -0.307 e. The molecule has 10 aromatic rings. The highest BCUT2D eigenvalue weighted by Gasteiger charge is 2.28. The first-order chi connectivity index (χ1) is 31.1. The van der Waals surface area contributed by atoms with Gasteiger partial charge in [-0.25, -0.2) is 22.4 Å². The molecule has 0 spiro atoms. The molecule has 0 amide bonds. The summed E-state index contributed by atoms with van der Waals surface area (Å²) in [6, 6.07) is 50.9. The lowest BCUT2D eigenvalue weighted by Crippen LogP contribution is -2.15. The van der Waals surface area contributed by atoms with E-state index < -0.39 is 23.3 Å². The highest BCUT2D eigenvalue weighted by molar-refractivity contribution is 6.28. The van der Waals surface area contributed by atoms with Crippen LogP contribution in [0.4, 0.5) is 57.4 Å². The summed E-state index contributed by atoms with van der Waals surface area (Å²) in [5.74, 6) is -3.00. The van der Waals surface area contributed by atoms with Crippen LogP contribution >= 0.6 is 0 Å². The molecule has 8 heteroatoms. The Kier molecular flexibility index (Phi) is 9.78. The first-order valence-corrected chi connectivity index (χ1v) is 20.5. The lowest BCUT2D eigenvalue weighted by atomic mass is 9.91. The summed E-state index contributed by atoms with van der Waals surface area (Å²) in [6.07, 6.45) is 0. The molecule has 0 aliphatic heterocycles. The Bertz CT molecular complexity index is 3310.